The molecule has 100 valence electrons. The van der Waals surface area contributed by atoms with Gasteiger partial charge in [-0.1, -0.05) is 30.3 Å². The number of alkyl halides is 1. The largest absolute Gasteiger partial charge is 0.496 e. The molecule has 2 rings (SSSR count). The molecule has 0 aliphatic rings. The molecule has 1 unspecified atom stereocenters. The fourth-order valence-corrected chi connectivity index (χ4v) is 2.93. The van der Waals surface area contributed by atoms with E-state index in [1.54, 1.807) is 7.11 Å². The van der Waals surface area contributed by atoms with E-state index in [0.29, 0.717) is 0 Å². The highest BCUT2D eigenvalue weighted by Crippen LogP contribution is 2.35. The lowest BCUT2D eigenvalue weighted by atomic mass is 9.95. The van der Waals surface area contributed by atoms with Crippen molar-refractivity contribution in [2.75, 3.05) is 7.11 Å². The topological polar surface area (TPSA) is 9.23 Å². The Hall–Kier alpha value is -1.47. The second kappa shape index (κ2) is 5.66. The maximum atomic E-state index is 6.67. The summed E-state index contributed by atoms with van der Waals surface area (Å²) in [4.78, 5) is 0. The molecule has 0 aliphatic heterocycles. The maximum Gasteiger partial charge on any atom is 0.121 e. The molecule has 0 radical (unpaired) electrons. The Morgan fingerprint density at radius 1 is 0.947 bits per heavy atom. The van der Waals surface area contributed by atoms with Crippen LogP contribution in [0.5, 0.6) is 5.75 Å². The fourth-order valence-electron chi connectivity index (χ4n) is 2.45. The number of aryl methyl sites for hydroxylation is 3. The predicted octanol–water partition coefficient (Wildman–Crippen LogP) is 4.95. The molecule has 0 heterocycles. The molecule has 2 aromatic carbocycles. The van der Waals surface area contributed by atoms with E-state index in [4.69, 9.17) is 16.3 Å². The van der Waals surface area contributed by atoms with Crippen LogP contribution >= 0.6 is 11.6 Å². The lowest BCUT2D eigenvalue weighted by molar-refractivity contribution is 0.411. The standard InChI is InChI=1S/C17H19ClO/c1-11-6-5-7-12(2)16(11)17(18)14-8-9-15(19-4)13(3)10-14/h5-10,17H,1-4H3. The molecule has 0 bridgehead atoms. The second-order valence-corrected chi connectivity index (χ2v) is 5.33. The smallest absolute Gasteiger partial charge is 0.121 e. The Bertz CT molecular complexity index is 570. The number of ether oxygens (including phenoxy) is 1. The number of hydrogen-bond acceptors (Lipinski definition) is 1. The lowest BCUT2D eigenvalue weighted by Gasteiger charge is -2.17. The van der Waals surface area contributed by atoms with E-state index in [9.17, 15) is 0 Å². The van der Waals surface area contributed by atoms with Crippen molar-refractivity contribution >= 4 is 11.6 Å². The van der Waals surface area contributed by atoms with E-state index in [0.717, 1.165) is 16.9 Å². The number of hydrogen-bond donors (Lipinski definition) is 0. The molecular formula is C17H19ClO. The summed E-state index contributed by atoms with van der Waals surface area (Å²) in [6.07, 6.45) is 0. The van der Waals surface area contributed by atoms with Gasteiger partial charge < -0.3 is 4.74 Å². The summed E-state index contributed by atoms with van der Waals surface area (Å²) < 4.78 is 5.29. The molecule has 1 nitrogen and oxygen atoms in total. The molecule has 0 spiro atoms. The first kappa shape index (κ1) is 14.0. The average molecular weight is 275 g/mol. The van der Waals surface area contributed by atoms with Gasteiger partial charge in [0, 0.05) is 0 Å². The average Bonchev–Trinajstić information content (AvgIpc) is 2.38. The minimum absolute atomic E-state index is 0.120. The fraction of sp³-hybridized carbons (Fsp3) is 0.294. The monoisotopic (exact) mass is 274 g/mol. The number of halogens is 1. The highest BCUT2D eigenvalue weighted by atomic mass is 35.5. The summed E-state index contributed by atoms with van der Waals surface area (Å²) in [5, 5.41) is -0.120. The van der Waals surface area contributed by atoms with Crippen LogP contribution in [0.2, 0.25) is 0 Å². The van der Waals surface area contributed by atoms with Crippen LogP contribution in [0.1, 0.15) is 33.2 Å². The van der Waals surface area contributed by atoms with E-state index >= 15 is 0 Å². The van der Waals surface area contributed by atoms with E-state index in [-0.39, 0.29) is 5.38 Å². The van der Waals surface area contributed by atoms with Gasteiger partial charge in [-0.3, -0.25) is 0 Å². The lowest BCUT2D eigenvalue weighted by Crippen LogP contribution is -2.00. The van der Waals surface area contributed by atoms with E-state index in [1.165, 1.54) is 16.7 Å². The maximum absolute atomic E-state index is 6.67. The molecule has 19 heavy (non-hydrogen) atoms. The van der Waals surface area contributed by atoms with Gasteiger partial charge in [0.15, 0.2) is 0 Å². The van der Waals surface area contributed by atoms with Gasteiger partial charge in [0.1, 0.15) is 5.75 Å². The number of benzene rings is 2. The van der Waals surface area contributed by atoms with Gasteiger partial charge in [-0.2, -0.15) is 0 Å². The number of rotatable bonds is 3. The third-order valence-electron chi connectivity index (χ3n) is 3.51. The number of methoxy groups -OCH3 is 1. The minimum Gasteiger partial charge on any atom is -0.496 e. The first-order valence-corrected chi connectivity index (χ1v) is 6.83. The molecule has 0 aliphatic carbocycles. The molecule has 0 fully saturated rings. The van der Waals surface area contributed by atoms with Gasteiger partial charge >= 0.3 is 0 Å². The minimum atomic E-state index is -0.120. The first-order valence-electron chi connectivity index (χ1n) is 6.39. The van der Waals surface area contributed by atoms with Crippen LogP contribution in [-0.4, -0.2) is 7.11 Å². The van der Waals surface area contributed by atoms with Gasteiger partial charge in [0.05, 0.1) is 12.5 Å². The molecule has 0 N–H and O–H groups in total. The molecule has 0 saturated carbocycles. The van der Waals surface area contributed by atoms with Crippen LogP contribution in [0.15, 0.2) is 36.4 Å². The summed E-state index contributed by atoms with van der Waals surface area (Å²) in [5.41, 5.74) is 5.88. The zero-order valence-corrected chi connectivity index (χ0v) is 12.6. The Kier molecular flexibility index (Phi) is 4.16. The van der Waals surface area contributed by atoms with Crippen LogP contribution < -0.4 is 4.74 Å². The van der Waals surface area contributed by atoms with Crippen molar-refractivity contribution in [3.8, 4) is 5.75 Å². The summed E-state index contributed by atoms with van der Waals surface area (Å²) in [5.74, 6) is 0.897. The van der Waals surface area contributed by atoms with Gasteiger partial charge in [0.2, 0.25) is 0 Å². The van der Waals surface area contributed by atoms with Crippen LogP contribution in [0.3, 0.4) is 0 Å². The Labute approximate surface area is 120 Å². The van der Waals surface area contributed by atoms with Crippen molar-refractivity contribution in [1.29, 1.82) is 0 Å². The van der Waals surface area contributed by atoms with E-state index < -0.39 is 0 Å². The van der Waals surface area contributed by atoms with Crippen LogP contribution in [-0.2, 0) is 0 Å². The van der Waals surface area contributed by atoms with Crippen molar-refractivity contribution in [2.45, 2.75) is 26.1 Å². The molecule has 2 aromatic rings. The van der Waals surface area contributed by atoms with Crippen LogP contribution in [0, 0.1) is 20.8 Å². The van der Waals surface area contributed by atoms with Crippen molar-refractivity contribution < 1.29 is 4.74 Å². The second-order valence-electron chi connectivity index (χ2n) is 4.90. The predicted molar refractivity (Wildman–Crippen MR) is 81.3 cm³/mol. The third-order valence-corrected chi connectivity index (χ3v) is 3.98. The van der Waals surface area contributed by atoms with E-state index in [2.05, 4.69) is 38.1 Å². The van der Waals surface area contributed by atoms with Crippen molar-refractivity contribution in [3.63, 3.8) is 0 Å². The summed E-state index contributed by atoms with van der Waals surface area (Å²) in [7, 11) is 1.69. The van der Waals surface area contributed by atoms with Gasteiger partial charge in [-0.15, -0.1) is 11.6 Å². The zero-order chi connectivity index (χ0) is 14.0. The third kappa shape index (κ3) is 2.76. The van der Waals surface area contributed by atoms with Crippen molar-refractivity contribution in [2.24, 2.45) is 0 Å². The molecule has 0 aromatic heterocycles. The van der Waals surface area contributed by atoms with Crippen LogP contribution in [0.4, 0.5) is 0 Å². The first-order chi connectivity index (χ1) is 9.04. The van der Waals surface area contributed by atoms with Crippen LogP contribution in [0.25, 0.3) is 0 Å². The Morgan fingerprint density at radius 3 is 2.11 bits per heavy atom. The summed E-state index contributed by atoms with van der Waals surface area (Å²) in [6, 6.07) is 12.4. The Morgan fingerprint density at radius 2 is 1.58 bits per heavy atom. The Balaban J connectivity index is 2.44. The van der Waals surface area contributed by atoms with E-state index in [1.807, 2.05) is 19.1 Å². The SMILES string of the molecule is COc1ccc(C(Cl)c2c(C)cccc2C)cc1C. The van der Waals surface area contributed by atoms with Crippen molar-refractivity contribution in [1.82, 2.24) is 0 Å². The molecule has 0 amide bonds. The van der Waals surface area contributed by atoms with Gasteiger partial charge in [-0.25, -0.2) is 0 Å². The van der Waals surface area contributed by atoms with Gasteiger partial charge in [-0.05, 0) is 54.7 Å². The summed E-state index contributed by atoms with van der Waals surface area (Å²) >= 11 is 6.67. The normalized spacial score (nSPS) is 12.3. The highest BCUT2D eigenvalue weighted by Gasteiger charge is 2.16. The summed E-state index contributed by atoms with van der Waals surface area (Å²) in [6.45, 7) is 6.25. The highest BCUT2D eigenvalue weighted by molar-refractivity contribution is 6.22. The van der Waals surface area contributed by atoms with Crippen molar-refractivity contribution in [3.05, 3.63) is 64.2 Å². The molecular weight excluding hydrogens is 256 g/mol. The molecule has 1 atom stereocenters. The zero-order valence-electron chi connectivity index (χ0n) is 11.8. The quantitative estimate of drug-likeness (QED) is 0.720. The molecule has 0 saturated heterocycles. The van der Waals surface area contributed by atoms with Gasteiger partial charge in [0.25, 0.3) is 0 Å². The molecule has 2 heteroatoms.